The Kier molecular flexibility index (Phi) is 4.47. The lowest BCUT2D eigenvalue weighted by Gasteiger charge is -2.20. The molecule has 0 saturated heterocycles. The molecule has 2 N–H and O–H groups in total. The zero-order valence-corrected chi connectivity index (χ0v) is 11.6. The van der Waals surface area contributed by atoms with Crippen LogP contribution in [0.4, 0.5) is 4.39 Å². The summed E-state index contributed by atoms with van der Waals surface area (Å²) in [5.41, 5.74) is 0.987. The molecule has 0 heterocycles. The van der Waals surface area contributed by atoms with Gasteiger partial charge >= 0.3 is 0 Å². The Hall–Kier alpha value is -1.49. The van der Waals surface area contributed by atoms with E-state index in [0.29, 0.717) is 11.0 Å². The third-order valence-electron chi connectivity index (χ3n) is 3.13. The highest BCUT2D eigenvalue weighted by Gasteiger charge is 2.26. The van der Waals surface area contributed by atoms with E-state index in [1.807, 2.05) is 0 Å². The van der Waals surface area contributed by atoms with Gasteiger partial charge in [0.2, 0.25) is 5.91 Å². The molecule has 0 aromatic heterocycles. The number of carbonyl (C=O) groups excluding carboxylic acids is 1. The number of halogens is 1. The second-order valence-corrected chi connectivity index (χ2v) is 5.35. The highest BCUT2D eigenvalue weighted by Crippen LogP contribution is 2.37. The molecule has 1 amide bonds. The predicted molar refractivity (Wildman–Crippen MR) is 76.0 cm³/mol. The molecule has 1 fully saturated rings. The molecule has 1 aliphatic carbocycles. The minimum absolute atomic E-state index is 0.0208. The molecule has 5 heteroatoms. The molecule has 1 unspecified atom stereocenters. The summed E-state index contributed by atoms with van der Waals surface area (Å²) in [7, 11) is 0. The van der Waals surface area contributed by atoms with Gasteiger partial charge in [0.15, 0.2) is 5.11 Å². The van der Waals surface area contributed by atoms with Crippen LogP contribution in [0.3, 0.4) is 0 Å². The lowest BCUT2D eigenvalue weighted by molar-refractivity contribution is -0.117. The molecule has 0 spiro atoms. The monoisotopic (exact) mass is 280 g/mol. The fourth-order valence-corrected chi connectivity index (χ4v) is 2.30. The number of rotatable bonds is 4. The number of amides is 1. The summed E-state index contributed by atoms with van der Waals surface area (Å²) < 4.78 is 13.0. The van der Waals surface area contributed by atoms with Gasteiger partial charge in [-0.15, -0.1) is 0 Å². The van der Waals surface area contributed by atoms with E-state index in [-0.39, 0.29) is 17.8 Å². The number of benzene rings is 1. The van der Waals surface area contributed by atoms with Crippen LogP contribution < -0.4 is 10.6 Å². The minimum Gasteiger partial charge on any atom is -0.356 e. The molecule has 0 radical (unpaired) electrons. The third kappa shape index (κ3) is 4.59. The molecule has 1 saturated carbocycles. The van der Waals surface area contributed by atoms with Gasteiger partial charge in [-0.3, -0.25) is 4.79 Å². The molecule has 3 nitrogen and oxygen atoms in total. The summed E-state index contributed by atoms with van der Waals surface area (Å²) in [6.07, 6.45) is 3.41. The van der Waals surface area contributed by atoms with Crippen molar-refractivity contribution >= 4 is 23.2 Å². The summed E-state index contributed by atoms with van der Waals surface area (Å²) in [6.45, 7) is 1.42. The second-order valence-electron chi connectivity index (χ2n) is 4.94. The van der Waals surface area contributed by atoms with E-state index in [9.17, 15) is 9.18 Å². The molecule has 0 aliphatic heterocycles. The molecule has 1 aromatic carbocycles. The molecule has 19 heavy (non-hydrogen) atoms. The number of hydrogen-bond donors (Lipinski definition) is 2. The second kappa shape index (κ2) is 6.10. The molecule has 1 aliphatic rings. The summed E-state index contributed by atoms with van der Waals surface area (Å²) in [5.74, 6) is 0.253. The smallest absolute Gasteiger partial charge is 0.222 e. The van der Waals surface area contributed by atoms with Crippen LogP contribution in [-0.2, 0) is 4.79 Å². The number of nitrogens with one attached hydrogen (secondary N) is 2. The van der Waals surface area contributed by atoms with Crippen molar-refractivity contribution in [2.45, 2.75) is 32.2 Å². The van der Waals surface area contributed by atoms with Gasteiger partial charge in [0.25, 0.3) is 0 Å². The summed E-state index contributed by atoms with van der Waals surface area (Å²) in [5, 5.41) is 6.01. The topological polar surface area (TPSA) is 41.1 Å². The maximum Gasteiger partial charge on any atom is 0.222 e. The quantitative estimate of drug-likeness (QED) is 0.833. The molecular weight excluding hydrogens is 263 g/mol. The van der Waals surface area contributed by atoms with Gasteiger partial charge in [-0.25, -0.2) is 4.39 Å². The first kappa shape index (κ1) is 13.9. The van der Waals surface area contributed by atoms with Gasteiger partial charge < -0.3 is 10.6 Å². The molecular formula is C14H17FN2OS. The predicted octanol–water partition coefficient (Wildman–Crippen LogP) is 2.68. The average Bonchev–Trinajstić information content (AvgIpc) is 3.12. The SMILES string of the molecule is CC(=O)NC(=S)NC(CC1CC1)c1ccc(F)cc1. The van der Waals surface area contributed by atoms with E-state index >= 15 is 0 Å². The van der Waals surface area contributed by atoms with E-state index in [1.54, 1.807) is 12.1 Å². The van der Waals surface area contributed by atoms with E-state index in [1.165, 1.54) is 31.9 Å². The highest BCUT2D eigenvalue weighted by atomic mass is 32.1. The lowest BCUT2D eigenvalue weighted by Crippen LogP contribution is -2.40. The zero-order valence-electron chi connectivity index (χ0n) is 10.8. The van der Waals surface area contributed by atoms with E-state index in [4.69, 9.17) is 12.2 Å². The largest absolute Gasteiger partial charge is 0.356 e. The Balaban J connectivity index is 2.04. The van der Waals surface area contributed by atoms with Gasteiger partial charge in [-0.1, -0.05) is 25.0 Å². The molecule has 1 aromatic rings. The van der Waals surface area contributed by atoms with E-state index in [2.05, 4.69) is 10.6 Å². The van der Waals surface area contributed by atoms with E-state index < -0.39 is 0 Å². The summed E-state index contributed by atoms with van der Waals surface area (Å²) >= 11 is 5.09. The third-order valence-corrected chi connectivity index (χ3v) is 3.35. The van der Waals surface area contributed by atoms with Crippen molar-refractivity contribution in [3.8, 4) is 0 Å². The van der Waals surface area contributed by atoms with Crippen LogP contribution in [0.15, 0.2) is 24.3 Å². The van der Waals surface area contributed by atoms with Crippen LogP contribution in [-0.4, -0.2) is 11.0 Å². The maximum atomic E-state index is 13.0. The van der Waals surface area contributed by atoms with Crippen molar-refractivity contribution in [2.24, 2.45) is 5.92 Å². The number of hydrogen-bond acceptors (Lipinski definition) is 2. The maximum absolute atomic E-state index is 13.0. The van der Waals surface area contributed by atoms with Crippen LogP contribution >= 0.6 is 12.2 Å². The van der Waals surface area contributed by atoms with Gasteiger partial charge in [-0.2, -0.15) is 0 Å². The number of thiocarbonyl (C=S) groups is 1. The molecule has 1 atom stereocenters. The van der Waals surface area contributed by atoms with Crippen molar-refractivity contribution in [1.82, 2.24) is 10.6 Å². The summed E-state index contributed by atoms with van der Waals surface area (Å²) in [6, 6.07) is 6.42. The van der Waals surface area contributed by atoms with Gasteiger partial charge in [-0.05, 0) is 42.3 Å². The first-order chi connectivity index (χ1) is 9.04. The Bertz CT molecular complexity index is 471. The average molecular weight is 280 g/mol. The van der Waals surface area contributed by atoms with Crippen molar-refractivity contribution < 1.29 is 9.18 Å². The van der Waals surface area contributed by atoms with Crippen LogP contribution in [0.25, 0.3) is 0 Å². The first-order valence-electron chi connectivity index (χ1n) is 6.38. The highest BCUT2D eigenvalue weighted by molar-refractivity contribution is 7.80. The summed E-state index contributed by atoms with van der Waals surface area (Å²) in [4.78, 5) is 11.0. The lowest BCUT2D eigenvalue weighted by atomic mass is 10.0. The Morgan fingerprint density at radius 1 is 1.42 bits per heavy atom. The Morgan fingerprint density at radius 2 is 2.05 bits per heavy atom. The first-order valence-corrected chi connectivity index (χ1v) is 6.79. The fourth-order valence-electron chi connectivity index (χ4n) is 2.01. The van der Waals surface area contributed by atoms with E-state index in [0.717, 1.165) is 12.0 Å². The van der Waals surface area contributed by atoms with Crippen LogP contribution in [0.5, 0.6) is 0 Å². The van der Waals surface area contributed by atoms with Crippen molar-refractivity contribution in [1.29, 1.82) is 0 Å². The molecule has 2 rings (SSSR count). The zero-order chi connectivity index (χ0) is 13.8. The van der Waals surface area contributed by atoms with Crippen LogP contribution in [0.2, 0.25) is 0 Å². The minimum atomic E-state index is -0.252. The molecule has 0 bridgehead atoms. The van der Waals surface area contributed by atoms with Gasteiger partial charge in [0.05, 0.1) is 6.04 Å². The van der Waals surface area contributed by atoms with Crippen molar-refractivity contribution in [3.05, 3.63) is 35.6 Å². The number of carbonyl (C=O) groups is 1. The van der Waals surface area contributed by atoms with Gasteiger partial charge in [0.1, 0.15) is 5.82 Å². The normalized spacial score (nSPS) is 15.7. The van der Waals surface area contributed by atoms with Gasteiger partial charge in [0, 0.05) is 6.92 Å². The van der Waals surface area contributed by atoms with Crippen molar-refractivity contribution in [2.75, 3.05) is 0 Å². The van der Waals surface area contributed by atoms with Crippen molar-refractivity contribution in [3.63, 3.8) is 0 Å². The Morgan fingerprint density at radius 3 is 2.58 bits per heavy atom. The molecule has 102 valence electrons. The standard InChI is InChI=1S/C14H17FN2OS/c1-9(18)16-14(19)17-13(8-10-2-3-10)11-4-6-12(15)7-5-11/h4-7,10,13H,2-3,8H2,1H3,(H2,16,17,18,19). The van der Waals surface area contributed by atoms with Crippen LogP contribution in [0, 0.1) is 11.7 Å². The van der Waals surface area contributed by atoms with Crippen LogP contribution in [0.1, 0.15) is 37.8 Å². The Labute approximate surface area is 117 Å². The fraction of sp³-hybridized carbons (Fsp3) is 0.429.